The highest BCUT2D eigenvalue weighted by molar-refractivity contribution is 5.70. The molecule has 0 aliphatic heterocycles. The molecule has 130 valence electrons. The first-order valence-corrected chi connectivity index (χ1v) is 8.04. The van der Waals surface area contributed by atoms with Gasteiger partial charge in [-0.2, -0.15) is 0 Å². The van der Waals surface area contributed by atoms with Gasteiger partial charge in [0.1, 0.15) is 0 Å². The van der Waals surface area contributed by atoms with E-state index in [2.05, 4.69) is 0 Å². The Hall–Kier alpha value is -1.75. The fraction of sp³-hybridized carbons (Fsp3) is 0.611. The van der Waals surface area contributed by atoms with E-state index in [0.29, 0.717) is 31.1 Å². The highest BCUT2D eigenvalue weighted by atomic mass is 16.5. The summed E-state index contributed by atoms with van der Waals surface area (Å²) < 4.78 is 16.1. The molecule has 0 fully saturated rings. The van der Waals surface area contributed by atoms with Crippen LogP contribution in [0.3, 0.4) is 0 Å². The van der Waals surface area contributed by atoms with Gasteiger partial charge in [0.25, 0.3) is 0 Å². The molecule has 1 aromatic rings. The smallest absolute Gasteiger partial charge is 0.307 e. The lowest BCUT2D eigenvalue weighted by Gasteiger charge is -2.19. The van der Waals surface area contributed by atoms with Crippen LogP contribution in [0, 0.1) is 11.8 Å². The first kappa shape index (κ1) is 19.3. The quantitative estimate of drug-likeness (QED) is 0.632. The summed E-state index contributed by atoms with van der Waals surface area (Å²) in [5.41, 5.74) is 0.945. The van der Waals surface area contributed by atoms with Crippen LogP contribution in [0.2, 0.25) is 0 Å². The Morgan fingerprint density at radius 3 is 2.52 bits per heavy atom. The number of benzene rings is 1. The molecule has 0 heterocycles. The summed E-state index contributed by atoms with van der Waals surface area (Å²) in [6.07, 6.45) is 2.12. The van der Waals surface area contributed by atoms with Crippen molar-refractivity contribution < 1.29 is 24.1 Å². The normalized spacial score (nSPS) is 13.4. The summed E-state index contributed by atoms with van der Waals surface area (Å²) in [5, 5.41) is 9.44. The van der Waals surface area contributed by atoms with Crippen molar-refractivity contribution in [3.8, 4) is 11.5 Å². The Balaban J connectivity index is 2.84. The average Bonchev–Trinajstić information content (AvgIpc) is 2.55. The Morgan fingerprint density at radius 2 is 1.96 bits per heavy atom. The number of carbonyl (C=O) groups is 1. The highest BCUT2D eigenvalue weighted by Crippen LogP contribution is 2.30. The number of methoxy groups -OCH3 is 2. The zero-order chi connectivity index (χ0) is 17.2. The van der Waals surface area contributed by atoms with Crippen molar-refractivity contribution in [2.75, 3.05) is 27.4 Å². The lowest BCUT2D eigenvalue weighted by atomic mass is 9.86. The SMILES string of the molecule is CCC(C)C(Cc1ccc(OC)c(OCCCOC)c1)C(=O)O. The van der Waals surface area contributed by atoms with Gasteiger partial charge in [-0.3, -0.25) is 4.79 Å². The van der Waals surface area contributed by atoms with Gasteiger partial charge in [-0.25, -0.2) is 0 Å². The Labute approximate surface area is 138 Å². The van der Waals surface area contributed by atoms with E-state index in [4.69, 9.17) is 14.2 Å². The summed E-state index contributed by atoms with van der Waals surface area (Å²) in [5.74, 6) is 0.282. The molecule has 2 atom stereocenters. The van der Waals surface area contributed by atoms with Gasteiger partial charge in [0, 0.05) is 20.1 Å². The molecule has 0 bridgehead atoms. The second kappa shape index (κ2) is 10.1. The van der Waals surface area contributed by atoms with Crippen LogP contribution in [0.4, 0.5) is 0 Å². The first-order chi connectivity index (χ1) is 11.0. The van der Waals surface area contributed by atoms with Crippen molar-refractivity contribution >= 4 is 5.97 Å². The van der Waals surface area contributed by atoms with Gasteiger partial charge in [0.05, 0.1) is 19.6 Å². The average molecular weight is 324 g/mol. The predicted molar refractivity (Wildman–Crippen MR) is 89.3 cm³/mol. The predicted octanol–water partition coefficient (Wildman–Crippen LogP) is 3.40. The summed E-state index contributed by atoms with van der Waals surface area (Å²) >= 11 is 0. The van der Waals surface area contributed by atoms with E-state index in [-0.39, 0.29) is 5.92 Å². The zero-order valence-corrected chi connectivity index (χ0v) is 14.5. The van der Waals surface area contributed by atoms with Crippen molar-refractivity contribution in [3.63, 3.8) is 0 Å². The number of hydrogen-bond acceptors (Lipinski definition) is 4. The van der Waals surface area contributed by atoms with Crippen molar-refractivity contribution in [1.82, 2.24) is 0 Å². The van der Waals surface area contributed by atoms with Crippen LogP contribution >= 0.6 is 0 Å². The highest BCUT2D eigenvalue weighted by Gasteiger charge is 2.24. The molecule has 0 saturated carbocycles. The summed E-state index contributed by atoms with van der Waals surface area (Å²) in [6.45, 7) is 5.15. The van der Waals surface area contributed by atoms with Crippen molar-refractivity contribution in [3.05, 3.63) is 23.8 Å². The molecule has 0 aliphatic carbocycles. The lowest BCUT2D eigenvalue weighted by Crippen LogP contribution is -2.23. The molecule has 0 aromatic heterocycles. The summed E-state index contributed by atoms with van der Waals surface area (Å²) in [4.78, 5) is 11.5. The topological polar surface area (TPSA) is 65.0 Å². The monoisotopic (exact) mass is 324 g/mol. The zero-order valence-electron chi connectivity index (χ0n) is 14.5. The molecule has 0 spiro atoms. The maximum absolute atomic E-state index is 11.5. The molecular weight excluding hydrogens is 296 g/mol. The molecule has 0 radical (unpaired) electrons. The molecule has 0 amide bonds. The third kappa shape index (κ3) is 6.10. The molecule has 23 heavy (non-hydrogen) atoms. The van der Waals surface area contributed by atoms with Gasteiger partial charge >= 0.3 is 5.97 Å². The van der Waals surface area contributed by atoms with Crippen LogP contribution in [0.1, 0.15) is 32.3 Å². The van der Waals surface area contributed by atoms with E-state index >= 15 is 0 Å². The van der Waals surface area contributed by atoms with Crippen LogP contribution in [-0.4, -0.2) is 38.5 Å². The van der Waals surface area contributed by atoms with Crippen molar-refractivity contribution in [2.24, 2.45) is 11.8 Å². The molecule has 5 heteroatoms. The standard InChI is InChI=1S/C18H28O5/c1-5-13(2)15(18(19)20)11-14-7-8-16(22-4)17(12-14)23-10-6-9-21-3/h7-8,12-13,15H,5-6,9-11H2,1-4H3,(H,19,20). The van der Waals surface area contributed by atoms with Crippen LogP contribution in [0.15, 0.2) is 18.2 Å². The Kier molecular flexibility index (Phi) is 8.48. The minimum absolute atomic E-state index is 0.126. The molecule has 0 saturated heterocycles. The Morgan fingerprint density at radius 1 is 1.22 bits per heavy atom. The number of carboxylic acid groups (broad SMARTS) is 1. The maximum atomic E-state index is 11.5. The number of rotatable bonds is 11. The third-order valence-electron chi connectivity index (χ3n) is 4.08. The van der Waals surface area contributed by atoms with E-state index in [1.54, 1.807) is 14.2 Å². The number of carboxylic acids is 1. The van der Waals surface area contributed by atoms with Crippen LogP contribution in [-0.2, 0) is 16.0 Å². The fourth-order valence-electron chi connectivity index (χ4n) is 2.42. The van der Waals surface area contributed by atoms with E-state index < -0.39 is 11.9 Å². The van der Waals surface area contributed by atoms with Gasteiger partial charge in [-0.1, -0.05) is 26.3 Å². The van der Waals surface area contributed by atoms with E-state index in [0.717, 1.165) is 18.4 Å². The largest absolute Gasteiger partial charge is 0.493 e. The minimum Gasteiger partial charge on any atom is -0.493 e. The van der Waals surface area contributed by atoms with E-state index in [1.165, 1.54) is 0 Å². The number of ether oxygens (including phenoxy) is 3. The second-order valence-corrected chi connectivity index (χ2v) is 5.71. The van der Waals surface area contributed by atoms with Gasteiger partial charge in [0.2, 0.25) is 0 Å². The lowest BCUT2D eigenvalue weighted by molar-refractivity contribution is -0.143. The van der Waals surface area contributed by atoms with Gasteiger partial charge in [0.15, 0.2) is 11.5 Å². The van der Waals surface area contributed by atoms with E-state index in [9.17, 15) is 9.90 Å². The first-order valence-electron chi connectivity index (χ1n) is 8.04. The molecule has 1 rings (SSSR count). The van der Waals surface area contributed by atoms with Crippen LogP contribution < -0.4 is 9.47 Å². The number of aliphatic carboxylic acids is 1. The molecule has 5 nitrogen and oxygen atoms in total. The van der Waals surface area contributed by atoms with Gasteiger partial charge in [-0.15, -0.1) is 0 Å². The summed E-state index contributed by atoms with van der Waals surface area (Å²) in [7, 11) is 3.25. The maximum Gasteiger partial charge on any atom is 0.307 e. The molecule has 0 aliphatic rings. The molecular formula is C18H28O5. The molecule has 1 N–H and O–H groups in total. The van der Waals surface area contributed by atoms with Gasteiger partial charge in [-0.05, 0) is 30.0 Å². The fourth-order valence-corrected chi connectivity index (χ4v) is 2.42. The van der Waals surface area contributed by atoms with E-state index in [1.807, 2.05) is 32.0 Å². The van der Waals surface area contributed by atoms with Crippen molar-refractivity contribution in [1.29, 1.82) is 0 Å². The van der Waals surface area contributed by atoms with Crippen LogP contribution in [0.5, 0.6) is 11.5 Å². The second-order valence-electron chi connectivity index (χ2n) is 5.71. The molecule has 2 unspecified atom stereocenters. The van der Waals surface area contributed by atoms with Gasteiger partial charge < -0.3 is 19.3 Å². The minimum atomic E-state index is -0.752. The van der Waals surface area contributed by atoms with Crippen LogP contribution in [0.25, 0.3) is 0 Å². The van der Waals surface area contributed by atoms with Crippen molar-refractivity contribution in [2.45, 2.75) is 33.1 Å². The third-order valence-corrected chi connectivity index (χ3v) is 4.08. The molecule has 1 aromatic carbocycles. The Bertz CT molecular complexity index is 486. The number of hydrogen-bond donors (Lipinski definition) is 1. The summed E-state index contributed by atoms with van der Waals surface area (Å²) in [6, 6.07) is 5.61.